The largest absolute Gasteiger partial charge is 0.478 e. The number of nitro benzene ring substituents is 1. The second-order valence-electron chi connectivity index (χ2n) is 5.54. The third-order valence-electron chi connectivity index (χ3n) is 3.91. The normalized spacial score (nSPS) is 15.3. The van der Waals surface area contributed by atoms with Crippen LogP contribution >= 0.6 is 0 Å². The van der Waals surface area contributed by atoms with Crippen LogP contribution in [-0.2, 0) is 0 Å². The lowest BCUT2D eigenvalue weighted by molar-refractivity contribution is -0.384. The molecule has 2 N–H and O–H groups in total. The summed E-state index contributed by atoms with van der Waals surface area (Å²) >= 11 is 0. The molecule has 1 aliphatic rings. The molecule has 7 heteroatoms. The average Bonchev–Trinajstić information content (AvgIpc) is 2.53. The van der Waals surface area contributed by atoms with Crippen LogP contribution in [0.5, 0.6) is 0 Å². The zero-order valence-electron chi connectivity index (χ0n) is 12.1. The highest BCUT2D eigenvalue weighted by Crippen LogP contribution is 2.23. The number of carboxylic acid groups (broad SMARTS) is 1. The Labute approximate surface area is 127 Å². The molecule has 0 unspecified atom stereocenters. The number of nitrogens with zero attached hydrogens (tertiary/aromatic N) is 1. The lowest BCUT2D eigenvalue weighted by atomic mass is 9.89. The number of amides is 1. The summed E-state index contributed by atoms with van der Waals surface area (Å²) in [6, 6.07) is 3.20. The third kappa shape index (κ3) is 4.03. The highest BCUT2D eigenvalue weighted by Gasteiger charge is 2.19. The van der Waals surface area contributed by atoms with Crippen LogP contribution in [0, 0.1) is 16.0 Å². The number of rotatable bonds is 5. The Morgan fingerprint density at radius 3 is 2.41 bits per heavy atom. The summed E-state index contributed by atoms with van der Waals surface area (Å²) in [5.74, 6) is -1.35. The average molecular weight is 306 g/mol. The van der Waals surface area contributed by atoms with E-state index in [9.17, 15) is 19.7 Å². The predicted molar refractivity (Wildman–Crippen MR) is 79.0 cm³/mol. The summed E-state index contributed by atoms with van der Waals surface area (Å²) in [5.41, 5.74) is -0.665. The fourth-order valence-electron chi connectivity index (χ4n) is 2.70. The van der Waals surface area contributed by atoms with Gasteiger partial charge < -0.3 is 10.4 Å². The number of non-ortho nitro benzene ring substituents is 1. The van der Waals surface area contributed by atoms with Gasteiger partial charge in [0.1, 0.15) is 0 Å². The number of carbonyl (C=O) groups excluding carboxylic acids is 1. The van der Waals surface area contributed by atoms with Crippen molar-refractivity contribution < 1.29 is 19.6 Å². The molecular weight excluding hydrogens is 288 g/mol. The summed E-state index contributed by atoms with van der Waals surface area (Å²) in [6.45, 7) is 0.518. The summed E-state index contributed by atoms with van der Waals surface area (Å²) in [4.78, 5) is 33.2. The van der Waals surface area contributed by atoms with E-state index >= 15 is 0 Å². The molecule has 0 aromatic heterocycles. The minimum Gasteiger partial charge on any atom is -0.478 e. The molecule has 0 bridgehead atoms. The Hall–Kier alpha value is -2.44. The molecule has 0 heterocycles. The zero-order valence-corrected chi connectivity index (χ0v) is 12.1. The van der Waals surface area contributed by atoms with Gasteiger partial charge in [-0.25, -0.2) is 4.79 Å². The first-order valence-corrected chi connectivity index (χ1v) is 7.28. The highest BCUT2D eigenvalue weighted by atomic mass is 16.6. The van der Waals surface area contributed by atoms with Gasteiger partial charge in [0.25, 0.3) is 11.6 Å². The van der Waals surface area contributed by atoms with Gasteiger partial charge in [0, 0.05) is 24.2 Å². The van der Waals surface area contributed by atoms with Crippen LogP contribution in [0.1, 0.15) is 52.8 Å². The summed E-state index contributed by atoms with van der Waals surface area (Å²) in [7, 11) is 0. The molecule has 7 nitrogen and oxygen atoms in total. The number of nitro groups is 1. The number of benzene rings is 1. The van der Waals surface area contributed by atoms with Crippen LogP contribution in [0.3, 0.4) is 0 Å². The van der Waals surface area contributed by atoms with Crippen molar-refractivity contribution in [2.75, 3.05) is 6.54 Å². The highest BCUT2D eigenvalue weighted by molar-refractivity contribution is 5.98. The standard InChI is InChI=1S/C15H18N2O5/c18-14(16-9-10-4-2-1-3-5-10)11-6-12(15(19)20)8-13(7-11)17(21)22/h6-8,10H,1-5,9H2,(H,16,18)(H,19,20). The third-order valence-corrected chi connectivity index (χ3v) is 3.91. The van der Waals surface area contributed by atoms with Crippen molar-refractivity contribution in [2.45, 2.75) is 32.1 Å². The van der Waals surface area contributed by atoms with Crippen LogP contribution in [0.4, 0.5) is 5.69 Å². The minimum absolute atomic E-state index is 0.00223. The monoisotopic (exact) mass is 306 g/mol. The SMILES string of the molecule is O=C(O)c1cc(C(=O)NCC2CCCCC2)cc([N+](=O)[O-])c1. The minimum atomic E-state index is -1.30. The Morgan fingerprint density at radius 1 is 1.18 bits per heavy atom. The molecule has 0 saturated heterocycles. The van der Waals surface area contributed by atoms with Crippen LogP contribution in [-0.4, -0.2) is 28.5 Å². The molecule has 1 aromatic rings. The van der Waals surface area contributed by atoms with Crippen LogP contribution in [0.2, 0.25) is 0 Å². The Kier molecular flexibility index (Phi) is 5.08. The number of carboxylic acids is 1. The van der Waals surface area contributed by atoms with Crippen molar-refractivity contribution >= 4 is 17.6 Å². The number of hydrogen-bond acceptors (Lipinski definition) is 4. The van der Waals surface area contributed by atoms with Gasteiger partial charge in [-0.15, -0.1) is 0 Å². The van der Waals surface area contributed by atoms with Crippen molar-refractivity contribution in [3.63, 3.8) is 0 Å². The quantitative estimate of drug-likeness (QED) is 0.642. The molecule has 0 spiro atoms. The Balaban J connectivity index is 2.10. The first kappa shape index (κ1) is 15.9. The molecule has 1 aromatic carbocycles. The second kappa shape index (κ2) is 7.02. The van der Waals surface area contributed by atoms with Gasteiger partial charge in [0.05, 0.1) is 10.5 Å². The van der Waals surface area contributed by atoms with Crippen molar-refractivity contribution in [1.29, 1.82) is 0 Å². The van der Waals surface area contributed by atoms with E-state index in [0.29, 0.717) is 12.5 Å². The maximum atomic E-state index is 12.1. The summed E-state index contributed by atoms with van der Waals surface area (Å²) in [5, 5.41) is 22.6. The summed E-state index contributed by atoms with van der Waals surface area (Å²) < 4.78 is 0. The lowest BCUT2D eigenvalue weighted by Crippen LogP contribution is -2.30. The van der Waals surface area contributed by atoms with Gasteiger partial charge in [0.15, 0.2) is 0 Å². The molecule has 118 valence electrons. The molecular formula is C15H18N2O5. The van der Waals surface area contributed by atoms with Crippen molar-refractivity contribution in [1.82, 2.24) is 5.32 Å². The molecule has 1 saturated carbocycles. The van der Waals surface area contributed by atoms with E-state index < -0.39 is 22.5 Å². The molecule has 1 fully saturated rings. The van der Waals surface area contributed by atoms with Crippen LogP contribution in [0.15, 0.2) is 18.2 Å². The molecule has 0 radical (unpaired) electrons. The Bertz CT molecular complexity index is 561. The van der Waals surface area contributed by atoms with Gasteiger partial charge in [-0.05, 0) is 24.8 Å². The van der Waals surface area contributed by atoms with Crippen molar-refractivity contribution in [2.24, 2.45) is 5.92 Å². The molecule has 1 amide bonds. The summed E-state index contributed by atoms with van der Waals surface area (Å²) in [6.07, 6.45) is 5.66. The number of aromatic carboxylic acids is 1. The lowest BCUT2D eigenvalue weighted by Gasteiger charge is -2.21. The van der Waals surface area contributed by atoms with Crippen LogP contribution < -0.4 is 5.32 Å². The maximum absolute atomic E-state index is 12.1. The second-order valence-corrected chi connectivity index (χ2v) is 5.54. The zero-order chi connectivity index (χ0) is 16.1. The number of nitrogens with one attached hydrogen (secondary N) is 1. The van der Waals surface area contributed by atoms with Gasteiger partial charge in [-0.3, -0.25) is 14.9 Å². The van der Waals surface area contributed by atoms with E-state index in [2.05, 4.69) is 5.32 Å². The smallest absolute Gasteiger partial charge is 0.335 e. The topological polar surface area (TPSA) is 110 Å². The molecule has 0 atom stereocenters. The van der Waals surface area contributed by atoms with E-state index in [-0.39, 0.29) is 11.1 Å². The van der Waals surface area contributed by atoms with E-state index in [1.54, 1.807) is 0 Å². The first-order chi connectivity index (χ1) is 10.5. The molecule has 2 rings (SSSR count). The van der Waals surface area contributed by atoms with Gasteiger partial charge in [-0.2, -0.15) is 0 Å². The van der Waals surface area contributed by atoms with Crippen molar-refractivity contribution in [3.8, 4) is 0 Å². The van der Waals surface area contributed by atoms with Gasteiger partial charge in [0.2, 0.25) is 0 Å². The van der Waals surface area contributed by atoms with Crippen LogP contribution in [0.25, 0.3) is 0 Å². The fourth-order valence-corrected chi connectivity index (χ4v) is 2.70. The molecule has 22 heavy (non-hydrogen) atoms. The molecule has 1 aliphatic carbocycles. The Morgan fingerprint density at radius 2 is 1.82 bits per heavy atom. The predicted octanol–water partition coefficient (Wildman–Crippen LogP) is 2.60. The van der Waals surface area contributed by atoms with E-state index in [0.717, 1.165) is 43.9 Å². The van der Waals surface area contributed by atoms with E-state index in [1.165, 1.54) is 6.42 Å². The van der Waals surface area contributed by atoms with E-state index in [1.807, 2.05) is 0 Å². The number of carbonyl (C=O) groups is 2. The van der Waals surface area contributed by atoms with Crippen molar-refractivity contribution in [3.05, 3.63) is 39.4 Å². The van der Waals surface area contributed by atoms with Gasteiger partial charge >= 0.3 is 5.97 Å². The van der Waals surface area contributed by atoms with E-state index in [4.69, 9.17) is 5.11 Å². The molecule has 0 aliphatic heterocycles. The maximum Gasteiger partial charge on any atom is 0.335 e. The number of hydrogen-bond donors (Lipinski definition) is 2. The fraction of sp³-hybridized carbons (Fsp3) is 0.467. The first-order valence-electron chi connectivity index (χ1n) is 7.28. The van der Waals surface area contributed by atoms with Gasteiger partial charge in [-0.1, -0.05) is 19.3 Å².